The van der Waals surface area contributed by atoms with Crippen LogP contribution in [0.5, 0.6) is 0 Å². The number of piperidine rings is 2. The average molecular weight is 877 g/mol. The summed E-state index contributed by atoms with van der Waals surface area (Å²) in [4.78, 5) is 53.7. The Morgan fingerprint density at radius 3 is 2.26 bits per heavy atom. The predicted molar refractivity (Wildman–Crippen MR) is 253 cm³/mol. The number of hydrogen-bond acceptors (Lipinski definition) is 11. The van der Waals surface area contributed by atoms with Crippen LogP contribution in [0, 0.1) is 19.8 Å². The van der Waals surface area contributed by atoms with E-state index in [-0.39, 0.29) is 40.9 Å². The van der Waals surface area contributed by atoms with Crippen LogP contribution in [0.3, 0.4) is 0 Å². The number of aromatic amines is 1. The zero-order valence-electron chi connectivity index (χ0n) is 38.4. The summed E-state index contributed by atoms with van der Waals surface area (Å²) in [5, 5.41) is 18.1. The van der Waals surface area contributed by atoms with Gasteiger partial charge in [0.05, 0.1) is 17.7 Å². The van der Waals surface area contributed by atoms with Gasteiger partial charge in [-0.1, -0.05) is 56.3 Å². The molecule has 0 aliphatic carbocycles. The van der Waals surface area contributed by atoms with Crippen LogP contribution in [0.4, 0.5) is 11.4 Å². The highest BCUT2D eigenvalue weighted by atomic mass is 16.5. The number of benzene rings is 3. The number of piperazine rings is 1. The minimum atomic E-state index is -0.379. The van der Waals surface area contributed by atoms with Crippen LogP contribution in [-0.2, 0) is 15.0 Å². The molecule has 338 valence electrons. The van der Waals surface area contributed by atoms with E-state index in [9.17, 15) is 14.4 Å². The SMILES string of the molecule is Cc1cc(N2CCC(CCN3CCN(c4ccc(-c5cnc6n[nH]c(-c7ccc([C@@H](C)NC(=O)c8noc(C(C)(C)C)n8)c(C)c7)c6c5)cc4)CC3)CC2)ccc1C1CCC(=O)NC1=O. The monoisotopic (exact) mass is 876 g/mol. The fourth-order valence-electron chi connectivity index (χ4n) is 9.73. The molecule has 14 nitrogen and oxygen atoms in total. The van der Waals surface area contributed by atoms with Crippen molar-refractivity contribution >= 4 is 40.1 Å². The zero-order chi connectivity index (χ0) is 45.4. The van der Waals surface area contributed by atoms with Crippen LogP contribution in [0.25, 0.3) is 33.4 Å². The van der Waals surface area contributed by atoms with Crippen molar-refractivity contribution in [2.45, 2.75) is 91.0 Å². The molecule has 3 aliphatic heterocycles. The number of carbonyl (C=O) groups excluding carboxylic acids is 3. The topological polar surface area (TPSA) is 165 Å². The first kappa shape index (κ1) is 43.8. The first-order valence-electron chi connectivity index (χ1n) is 23.1. The third kappa shape index (κ3) is 9.54. The number of pyridine rings is 1. The fourth-order valence-corrected chi connectivity index (χ4v) is 9.73. The maximum absolute atomic E-state index is 13.0. The number of aromatic nitrogens is 5. The fraction of sp³-hybridized carbons (Fsp3) is 0.431. The molecular formula is C51H60N10O4. The van der Waals surface area contributed by atoms with Gasteiger partial charge in [0.15, 0.2) is 5.65 Å². The summed E-state index contributed by atoms with van der Waals surface area (Å²) < 4.78 is 5.32. The van der Waals surface area contributed by atoms with Crippen LogP contribution >= 0.6 is 0 Å². The number of hydrogen-bond donors (Lipinski definition) is 3. The minimum absolute atomic E-state index is 0.0262. The highest BCUT2D eigenvalue weighted by molar-refractivity contribution is 6.01. The third-order valence-corrected chi connectivity index (χ3v) is 13.7. The van der Waals surface area contributed by atoms with Gasteiger partial charge in [0.2, 0.25) is 17.7 Å². The first-order chi connectivity index (χ1) is 31.3. The van der Waals surface area contributed by atoms with E-state index in [1.165, 1.54) is 30.6 Å². The van der Waals surface area contributed by atoms with Crippen LogP contribution < -0.4 is 20.4 Å². The summed E-state index contributed by atoms with van der Waals surface area (Å²) >= 11 is 0. The molecule has 1 unspecified atom stereocenters. The lowest BCUT2D eigenvalue weighted by atomic mass is 9.87. The number of nitrogens with one attached hydrogen (secondary N) is 3. The number of amides is 3. The number of carbonyl (C=O) groups is 3. The summed E-state index contributed by atoms with van der Waals surface area (Å²) in [5.41, 5.74) is 11.0. The summed E-state index contributed by atoms with van der Waals surface area (Å²) in [7, 11) is 0. The molecule has 6 heterocycles. The maximum Gasteiger partial charge on any atom is 0.293 e. The Morgan fingerprint density at radius 2 is 1.57 bits per heavy atom. The van der Waals surface area contributed by atoms with E-state index in [2.05, 4.69) is 107 Å². The van der Waals surface area contributed by atoms with Crippen molar-refractivity contribution in [1.82, 2.24) is 40.9 Å². The molecule has 3 saturated heterocycles. The van der Waals surface area contributed by atoms with Crippen LogP contribution in [-0.4, -0.2) is 93.8 Å². The standard InChI is InChI=1S/C51H60N10O4/c1-31-27-36(9-13-40(31)33(3)53-49(64)47-55-50(65-58-47)51(4,5)6)45-43-29-37(30-52-46(43)57-56-45)35-7-10-38(11-8-35)61-25-23-59(24-26-61)20-17-34-18-21-60(22-19-34)39-12-14-41(32(2)28-39)42-15-16-44(62)54-48(42)63/h7-14,27-30,33-34,42H,15-26H2,1-6H3,(H,53,64)(H,52,56,57)(H,54,62,63)/t33-,42?/m1/s1. The summed E-state index contributed by atoms with van der Waals surface area (Å²) in [6, 6.07) is 23.4. The van der Waals surface area contributed by atoms with Crippen molar-refractivity contribution in [2.75, 3.05) is 55.6 Å². The van der Waals surface area contributed by atoms with Crippen LogP contribution in [0.15, 0.2) is 77.4 Å². The molecule has 3 aromatic heterocycles. The number of imide groups is 1. The zero-order valence-corrected chi connectivity index (χ0v) is 38.4. The molecular weight excluding hydrogens is 817 g/mol. The second-order valence-corrected chi connectivity index (χ2v) is 19.3. The number of H-pyrrole nitrogens is 1. The third-order valence-electron chi connectivity index (χ3n) is 13.7. The van der Waals surface area contributed by atoms with Crippen molar-refractivity contribution in [3.8, 4) is 22.4 Å². The van der Waals surface area contributed by atoms with Crippen molar-refractivity contribution in [3.05, 3.63) is 107 Å². The van der Waals surface area contributed by atoms with Crippen molar-refractivity contribution < 1.29 is 18.9 Å². The molecule has 3 aromatic carbocycles. The second-order valence-electron chi connectivity index (χ2n) is 19.3. The number of nitrogens with zero attached hydrogens (tertiary/aromatic N) is 7. The smallest absolute Gasteiger partial charge is 0.293 e. The van der Waals surface area contributed by atoms with Crippen LogP contribution in [0.2, 0.25) is 0 Å². The highest BCUT2D eigenvalue weighted by Crippen LogP contribution is 2.34. The Morgan fingerprint density at radius 1 is 0.846 bits per heavy atom. The molecule has 0 saturated carbocycles. The van der Waals surface area contributed by atoms with Crippen molar-refractivity contribution in [1.29, 1.82) is 0 Å². The summed E-state index contributed by atoms with van der Waals surface area (Å²) in [6.07, 6.45) is 6.50. The molecule has 14 heteroatoms. The average Bonchev–Trinajstić information content (AvgIpc) is 3.98. The lowest BCUT2D eigenvalue weighted by Gasteiger charge is -2.38. The Kier molecular flexibility index (Phi) is 12.3. The molecule has 6 aromatic rings. The van der Waals surface area contributed by atoms with Crippen LogP contribution in [0.1, 0.15) is 111 Å². The Hall–Kier alpha value is -6.41. The normalized spacial score (nSPS) is 18.3. The molecule has 0 radical (unpaired) electrons. The Bertz CT molecular complexity index is 2700. The Balaban J connectivity index is 0.752. The molecule has 3 fully saturated rings. The lowest BCUT2D eigenvalue weighted by molar-refractivity contribution is -0.134. The molecule has 0 bridgehead atoms. The number of rotatable bonds is 11. The van der Waals surface area contributed by atoms with Gasteiger partial charge in [0.1, 0.15) is 0 Å². The van der Waals surface area contributed by atoms with Gasteiger partial charge in [0.25, 0.3) is 11.7 Å². The van der Waals surface area contributed by atoms with Crippen molar-refractivity contribution in [2.24, 2.45) is 5.92 Å². The van der Waals surface area contributed by atoms with Gasteiger partial charge in [-0.2, -0.15) is 10.1 Å². The van der Waals surface area contributed by atoms with E-state index < -0.39 is 0 Å². The highest BCUT2D eigenvalue weighted by Gasteiger charge is 2.30. The number of fused-ring (bicyclic) bond motifs is 1. The van der Waals surface area contributed by atoms with E-state index in [0.29, 0.717) is 24.4 Å². The van der Waals surface area contributed by atoms with E-state index in [0.717, 1.165) is 102 Å². The quantitative estimate of drug-likeness (QED) is 0.108. The van der Waals surface area contributed by atoms with Gasteiger partial charge < -0.3 is 19.6 Å². The van der Waals surface area contributed by atoms with E-state index in [4.69, 9.17) is 9.51 Å². The molecule has 3 N–H and O–H groups in total. The predicted octanol–water partition coefficient (Wildman–Crippen LogP) is 8.03. The van der Waals surface area contributed by atoms with E-state index >= 15 is 0 Å². The molecule has 65 heavy (non-hydrogen) atoms. The number of aryl methyl sites for hydroxylation is 2. The second kappa shape index (κ2) is 18.2. The van der Waals surface area contributed by atoms with Gasteiger partial charge in [-0.3, -0.25) is 29.7 Å². The summed E-state index contributed by atoms with van der Waals surface area (Å²) in [6.45, 7) is 19.4. The van der Waals surface area contributed by atoms with Gasteiger partial charge in [-0.05, 0) is 123 Å². The molecule has 9 rings (SSSR count). The van der Waals surface area contributed by atoms with Gasteiger partial charge in [-0.15, -0.1) is 0 Å². The maximum atomic E-state index is 13.0. The number of anilines is 2. The van der Waals surface area contributed by atoms with Gasteiger partial charge >= 0.3 is 0 Å². The molecule has 3 amide bonds. The molecule has 3 aliphatic rings. The minimum Gasteiger partial charge on any atom is -0.372 e. The van der Waals surface area contributed by atoms with E-state index in [1.807, 2.05) is 52.9 Å². The first-order valence-corrected chi connectivity index (χ1v) is 23.1. The lowest BCUT2D eigenvalue weighted by Crippen LogP contribution is -2.47. The Labute approximate surface area is 380 Å². The van der Waals surface area contributed by atoms with E-state index in [1.54, 1.807) is 0 Å². The largest absolute Gasteiger partial charge is 0.372 e. The molecule has 2 atom stereocenters. The molecule has 0 spiro atoms. The van der Waals surface area contributed by atoms with Gasteiger partial charge in [0, 0.05) is 85.2 Å². The summed E-state index contributed by atoms with van der Waals surface area (Å²) in [5.74, 6) is 0.219. The van der Waals surface area contributed by atoms with Crippen molar-refractivity contribution in [3.63, 3.8) is 0 Å². The van der Waals surface area contributed by atoms with Gasteiger partial charge in [-0.25, -0.2) is 4.98 Å².